The Morgan fingerprint density at radius 1 is 1.11 bits per heavy atom. The molecule has 2 aliphatic carbocycles. The number of rotatable bonds is 6. The molecule has 0 radical (unpaired) electrons. The molecular weight excluding hydrogens is 232 g/mol. The molecule has 0 saturated heterocycles. The van der Waals surface area contributed by atoms with Crippen molar-refractivity contribution in [2.45, 2.75) is 71.3 Å². The van der Waals surface area contributed by atoms with E-state index in [0.29, 0.717) is 5.41 Å². The number of nitrogens with zero attached hydrogens (tertiary/aromatic N) is 1. The average Bonchev–Trinajstić information content (AvgIpc) is 2.69. The first kappa shape index (κ1) is 15.3. The van der Waals surface area contributed by atoms with Crippen LogP contribution in [0.15, 0.2) is 0 Å². The second-order valence-electron chi connectivity index (χ2n) is 8.30. The maximum atomic E-state index is 3.76. The number of nitrogens with one attached hydrogen (secondary N) is 1. The quantitative estimate of drug-likeness (QED) is 0.789. The Morgan fingerprint density at radius 2 is 1.74 bits per heavy atom. The number of hydrogen-bond donors (Lipinski definition) is 1. The highest BCUT2D eigenvalue weighted by Crippen LogP contribution is 2.39. The first-order valence-electron chi connectivity index (χ1n) is 8.32. The minimum Gasteiger partial charge on any atom is -0.311 e. The summed E-state index contributed by atoms with van der Waals surface area (Å²) in [5.74, 6) is 0.999. The Hall–Kier alpha value is -0.0800. The second kappa shape index (κ2) is 6.13. The molecule has 2 fully saturated rings. The van der Waals surface area contributed by atoms with Gasteiger partial charge >= 0.3 is 0 Å². The summed E-state index contributed by atoms with van der Waals surface area (Å²) in [5.41, 5.74) is 0.800. The Kier molecular flexibility index (Phi) is 4.94. The van der Waals surface area contributed by atoms with Gasteiger partial charge in [-0.25, -0.2) is 0 Å². The van der Waals surface area contributed by atoms with Crippen molar-refractivity contribution >= 4 is 0 Å². The van der Waals surface area contributed by atoms with Gasteiger partial charge in [0.1, 0.15) is 0 Å². The zero-order valence-corrected chi connectivity index (χ0v) is 13.6. The highest BCUT2D eigenvalue weighted by molar-refractivity contribution is 4.91. The second-order valence-corrected chi connectivity index (χ2v) is 8.30. The lowest BCUT2D eigenvalue weighted by Gasteiger charge is -2.39. The monoisotopic (exact) mass is 266 g/mol. The van der Waals surface area contributed by atoms with Gasteiger partial charge in [-0.1, -0.05) is 19.3 Å². The molecule has 2 heteroatoms. The maximum Gasteiger partial charge on any atom is 0.00967 e. The van der Waals surface area contributed by atoms with E-state index in [1.165, 1.54) is 64.6 Å². The van der Waals surface area contributed by atoms with Crippen LogP contribution >= 0.6 is 0 Å². The topological polar surface area (TPSA) is 15.3 Å². The lowest BCUT2D eigenvalue weighted by Crippen LogP contribution is -2.48. The molecular formula is C17H34N2. The number of hydrogen-bond acceptors (Lipinski definition) is 2. The van der Waals surface area contributed by atoms with Crippen molar-refractivity contribution in [1.82, 2.24) is 10.2 Å². The van der Waals surface area contributed by atoms with Gasteiger partial charge in [0.05, 0.1) is 0 Å². The van der Waals surface area contributed by atoms with Gasteiger partial charge in [-0.3, -0.25) is 0 Å². The lowest BCUT2D eigenvalue weighted by molar-refractivity contribution is 0.127. The molecule has 2 nitrogen and oxygen atoms in total. The molecule has 2 saturated carbocycles. The summed E-state index contributed by atoms with van der Waals surface area (Å²) in [6, 6.07) is 0. The molecule has 0 atom stereocenters. The van der Waals surface area contributed by atoms with E-state index in [4.69, 9.17) is 0 Å². The highest BCUT2D eigenvalue weighted by atomic mass is 15.1. The van der Waals surface area contributed by atoms with Crippen molar-refractivity contribution in [3.63, 3.8) is 0 Å². The summed E-state index contributed by atoms with van der Waals surface area (Å²) in [6.07, 6.45) is 10.1. The molecule has 2 aliphatic rings. The molecule has 0 aromatic rings. The Balaban J connectivity index is 1.83. The average molecular weight is 266 g/mol. The van der Waals surface area contributed by atoms with Gasteiger partial charge in [0.15, 0.2) is 0 Å². The SMILES string of the molecule is CN(CC1CCC1)CC1(CNC(C)(C)C)CCCC1. The Bertz CT molecular complexity index is 269. The van der Waals surface area contributed by atoms with Gasteiger partial charge in [0, 0.05) is 25.2 Å². The fourth-order valence-electron chi connectivity index (χ4n) is 3.72. The van der Waals surface area contributed by atoms with E-state index in [0.717, 1.165) is 5.92 Å². The van der Waals surface area contributed by atoms with Crippen LogP contribution in [0.5, 0.6) is 0 Å². The van der Waals surface area contributed by atoms with Crippen LogP contribution in [-0.4, -0.2) is 37.1 Å². The van der Waals surface area contributed by atoms with Gasteiger partial charge in [0.25, 0.3) is 0 Å². The van der Waals surface area contributed by atoms with E-state index >= 15 is 0 Å². The van der Waals surface area contributed by atoms with Crippen LogP contribution in [0.4, 0.5) is 0 Å². The van der Waals surface area contributed by atoms with Gasteiger partial charge in [-0.15, -0.1) is 0 Å². The van der Waals surface area contributed by atoms with Crippen LogP contribution in [0, 0.1) is 11.3 Å². The summed E-state index contributed by atoms with van der Waals surface area (Å²) in [6.45, 7) is 10.7. The van der Waals surface area contributed by atoms with Crippen molar-refractivity contribution in [3.8, 4) is 0 Å². The van der Waals surface area contributed by atoms with Crippen LogP contribution in [0.25, 0.3) is 0 Å². The largest absolute Gasteiger partial charge is 0.311 e. The summed E-state index contributed by atoms with van der Waals surface area (Å²) in [4.78, 5) is 2.62. The van der Waals surface area contributed by atoms with Gasteiger partial charge in [0.2, 0.25) is 0 Å². The van der Waals surface area contributed by atoms with Gasteiger partial charge in [-0.05, 0) is 64.8 Å². The molecule has 0 unspecified atom stereocenters. The molecule has 0 bridgehead atoms. The van der Waals surface area contributed by atoms with Crippen LogP contribution in [0.3, 0.4) is 0 Å². The van der Waals surface area contributed by atoms with Crippen LogP contribution < -0.4 is 5.32 Å². The molecule has 1 N–H and O–H groups in total. The summed E-state index contributed by atoms with van der Waals surface area (Å²) < 4.78 is 0. The fourth-order valence-corrected chi connectivity index (χ4v) is 3.72. The Labute approximate surface area is 120 Å². The third-order valence-electron chi connectivity index (χ3n) is 5.06. The summed E-state index contributed by atoms with van der Waals surface area (Å²) >= 11 is 0. The predicted octanol–water partition coefficient (Wildman–Crippen LogP) is 3.67. The third kappa shape index (κ3) is 4.75. The maximum absolute atomic E-state index is 3.76. The van der Waals surface area contributed by atoms with Crippen molar-refractivity contribution in [2.75, 3.05) is 26.7 Å². The fraction of sp³-hybridized carbons (Fsp3) is 1.00. The smallest absolute Gasteiger partial charge is 0.00967 e. The van der Waals surface area contributed by atoms with Crippen molar-refractivity contribution in [3.05, 3.63) is 0 Å². The standard InChI is InChI=1S/C17H34N2/c1-16(2,3)18-13-17(10-5-6-11-17)14-19(4)12-15-8-7-9-15/h15,18H,5-14H2,1-4H3. The van der Waals surface area contributed by atoms with Crippen molar-refractivity contribution < 1.29 is 0 Å². The summed E-state index contributed by atoms with van der Waals surface area (Å²) in [5, 5.41) is 3.76. The minimum atomic E-state index is 0.252. The first-order valence-corrected chi connectivity index (χ1v) is 8.32. The van der Waals surface area contributed by atoms with E-state index in [-0.39, 0.29) is 5.54 Å². The zero-order valence-electron chi connectivity index (χ0n) is 13.6. The molecule has 0 aromatic carbocycles. The normalized spacial score (nSPS) is 23.8. The van der Waals surface area contributed by atoms with Crippen molar-refractivity contribution in [1.29, 1.82) is 0 Å². The van der Waals surface area contributed by atoms with Gasteiger partial charge in [-0.2, -0.15) is 0 Å². The van der Waals surface area contributed by atoms with Crippen LogP contribution in [0.2, 0.25) is 0 Å². The molecule has 2 rings (SSSR count). The van der Waals surface area contributed by atoms with Crippen LogP contribution in [-0.2, 0) is 0 Å². The highest BCUT2D eigenvalue weighted by Gasteiger charge is 2.36. The molecule has 0 heterocycles. The molecule has 19 heavy (non-hydrogen) atoms. The third-order valence-corrected chi connectivity index (χ3v) is 5.06. The van der Waals surface area contributed by atoms with E-state index in [9.17, 15) is 0 Å². The first-order chi connectivity index (χ1) is 8.89. The van der Waals surface area contributed by atoms with E-state index < -0.39 is 0 Å². The summed E-state index contributed by atoms with van der Waals surface area (Å²) in [7, 11) is 2.34. The molecule has 0 amide bonds. The van der Waals surface area contributed by atoms with E-state index in [2.05, 4.69) is 38.0 Å². The molecule has 0 spiro atoms. The predicted molar refractivity (Wildman–Crippen MR) is 83.5 cm³/mol. The lowest BCUT2D eigenvalue weighted by atomic mass is 9.82. The van der Waals surface area contributed by atoms with Crippen molar-refractivity contribution in [2.24, 2.45) is 11.3 Å². The van der Waals surface area contributed by atoms with E-state index in [1.54, 1.807) is 0 Å². The van der Waals surface area contributed by atoms with Gasteiger partial charge < -0.3 is 10.2 Å². The molecule has 0 aromatic heterocycles. The van der Waals surface area contributed by atoms with Crippen LogP contribution in [0.1, 0.15) is 65.7 Å². The molecule has 112 valence electrons. The minimum absolute atomic E-state index is 0.252. The Morgan fingerprint density at radius 3 is 2.21 bits per heavy atom. The zero-order chi connectivity index (χ0) is 13.9. The van der Waals surface area contributed by atoms with E-state index in [1.807, 2.05) is 0 Å². The molecule has 0 aliphatic heterocycles.